The Morgan fingerprint density at radius 3 is 2.71 bits per heavy atom. The Bertz CT molecular complexity index is 554. The SMILES string of the molecule is CCC(C#N)S(=O)(=O)Nc1ccc(Br)cc1Cl. The van der Waals surface area contributed by atoms with Crippen molar-refractivity contribution in [3.05, 3.63) is 27.7 Å². The minimum atomic E-state index is -3.72. The molecule has 0 bridgehead atoms. The number of hydrogen-bond acceptors (Lipinski definition) is 3. The van der Waals surface area contributed by atoms with Crippen LogP contribution in [0, 0.1) is 11.3 Å². The predicted octanol–water partition coefficient (Wildman–Crippen LogP) is 3.15. The quantitative estimate of drug-likeness (QED) is 0.917. The van der Waals surface area contributed by atoms with Crippen LogP contribution in [-0.2, 0) is 10.0 Å². The van der Waals surface area contributed by atoms with Gasteiger partial charge < -0.3 is 0 Å². The average Bonchev–Trinajstić information content (AvgIpc) is 2.23. The van der Waals surface area contributed by atoms with Crippen LogP contribution in [0.3, 0.4) is 0 Å². The lowest BCUT2D eigenvalue weighted by Gasteiger charge is -2.12. The molecule has 0 aliphatic heterocycles. The van der Waals surface area contributed by atoms with Crippen molar-refractivity contribution in [2.75, 3.05) is 4.72 Å². The van der Waals surface area contributed by atoms with Crippen molar-refractivity contribution in [1.29, 1.82) is 5.26 Å². The minimum Gasteiger partial charge on any atom is -0.281 e. The monoisotopic (exact) mass is 336 g/mol. The summed E-state index contributed by atoms with van der Waals surface area (Å²) in [5, 5.41) is 7.94. The van der Waals surface area contributed by atoms with Gasteiger partial charge in [-0.2, -0.15) is 5.26 Å². The first-order valence-corrected chi connectivity index (χ1v) is 7.48. The molecule has 0 aromatic heterocycles. The maximum atomic E-state index is 11.8. The van der Waals surface area contributed by atoms with Gasteiger partial charge in [-0.1, -0.05) is 34.5 Å². The molecule has 0 fully saturated rings. The van der Waals surface area contributed by atoms with Crippen molar-refractivity contribution in [2.45, 2.75) is 18.6 Å². The average molecular weight is 338 g/mol. The van der Waals surface area contributed by atoms with Gasteiger partial charge in [0.1, 0.15) is 0 Å². The van der Waals surface area contributed by atoms with E-state index in [4.69, 9.17) is 16.9 Å². The topological polar surface area (TPSA) is 70.0 Å². The van der Waals surface area contributed by atoms with E-state index in [1.807, 2.05) is 0 Å². The molecule has 1 atom stereocenters. The molecule has 1 N–H and O–H groups in total. The highest BCUT2D eigenvalue weighted by Crippen LogP contribution is 2.27. The summed E-state index contributed by atoms with van der Waals surface area (Å²) in [6, 6.07) is 6.52. The van der Waals surface area contributed by atoms with E-state index in [2.05, 4.69) is 20.7 Å². The number of anilines is 1. The van der Waals surface area contributed by atoms with E-state index in [1.165, 1.54) is 6.07 Å². The van der Waals surface area contributed by atoms with Crippen LogP contribution in [0.2, 0.25) is 5.02 Å². The fraction of sp³-hybridized carbons (Fsp3) is 0.300. The predicted molar refractivity (Wildman–Crippen MR) is 71.4 cm³/mol. The Kier molecular flexibility index (Phi) is 4.80. The second kappa shape index (κ2) is 5.71. The van der Waals surface area contributed by atoms with Crippen LogP contribution in [0.1, 0.15) is 13.3 Å². The molecular weight excluding hydrogens is 328 g/mol. The highest BCUT2D eigenvalue weighted by Gasteiger charge is 2.23. The molecule has 0 spiro atoms. The van der Waals surface area contributed by atoms with Crippen LogP contribution in [0.15, 0.2) is 22.7 Å². The number of halogens is 2. The van der Waals surface area contributed by atoms with E-state index in [0.29, 0.717) is 0 Å². The van der Waals surface area contributed by atoms with E-state index in [1.54, 1.807) is 25.1 Å². The lowest BCUT2D eigenvalue weighted by Crippen LogP contribution is -2.26. The van der Waals surface area contributed by atoms with Gasteiger partial charge in [0.2, 0.25) is 10.0 Å². The van der Waals surface area contributed by atoms with Gasteiger partial charge in [0.05, 0.1) is 16.8 Å². The maximum Gasteiger partial charge on any atom is 0.249 e. The Morgan fingerprint density at radius 1 is 1.59 bits per heavy atom. The van der Waals surface area contributed by atoms with E-state index in [0.717, 1.165) is 4.47 Å². The van der Waals surface area contributed by atoms with Gasteiger partial charge in [0.15, 0.2) is 5.25 Å². The minimum absolute atomic E-state index is 0.222. The van der Waals surface area contributed by atoms with E-state index >= 15 is 0 Å². The second-order valence-corrected chi connectivity index (χ2v) is 6.48. The highest BCUT2D eigenvalue weighted by molar-refractivity contribution is 9.10. The van der Waals surface area contributed by atoms with Gasteiger partial charge in [-0.3, -0.25) is 4.72 Å². The Labute approximate surface area is 114 Å². The first-order valence-electron chi connectivity index (χ1n) is 4.77. The summed E-state index contributed by atoms with van der Waals surface area (Å²) in [5.41, 5.74) is 0.267. The molecule has 0 saturated carbocycles. The molecule has 1 aromatic carbocycles. The number of benzene rings is 1. The Morgan fingerprint density at radius 2 is 2.24 bits per heavy atom. The zero-order valence-corrected chi connectivity index (χ0v) is 12.1. The van der Waals surface area contributed by atoms with Gasteiger partial charge in [-0.15, -0.1) is 0 Å². The fourth-order valence-corrected chi connectivity index (χ4v) is 3.16. The summed E-state index contributed by atoms with van der Waals surface area (Å²) in [4.78, 5) is 0. The van der Waals surface area contributed by atoms with Crippen LogP contribution in [0.4, 0.5) is 5.69 Å². The van der Waals surface area contributed by atoms with Gasteiger partial charge >= 0.3 is 0 Å². The number of hydrogen-bond donors (Lipinski definition) is 1. The number of nitrogens with zero attached hydrogens (tertiary/aromatic N) is 1. The van der Waals surface area contributed by atoms with E-state index in [-0.39, 0.29) is 17.1 Å². The summed E-state index contributed by atoms with van der Waals surface area (Å²) in [6.07, 6.45) is 0.222. The van der Waals surface area contributed by atoms with Crippen molar-refractivity contribution in [1.82, 2.24) is 0 Å². The fourth-order valence-electron chi connectivity index (χ4n) is 1.18. The van der Waals surface area contributed by atoms with E-state index in [9.17, 15) is 8.42 Å². The van der Waals surface area contributed by atoms with Crippen LogP contribution in [-0.4, -0.2) is 13.7 Å². The molecule has 0 saturated heterocycles. The first-order chi connectivity index (χ1) is 7.90. The van der Waals surface area contributed by atoms with Gasteiger partial charge in [0, 0.05) is 4.47 Å². The lowest BCUT2D eigenvalue weighted by atomic mass is 10.3. The molecule has 0 aliphatic carbocycles. The Balaban J connectivity index is 3.03. The summed E-state index contributed by atoms with van der Waals surface area (Å²) >= 11 is 9.10. The molecule has 0 radical (unpaired) electrons. The summed E-state index contributed by atoms with van der Waals surface area (Å²) in [5.74, 6) is 0. The molecular formula is C10H10BrClN2O2S. The normalized spacial score (nSPS) is 12.8. The number of rotatable bonds is 4. The van der Waals surface area contributed by atoms with Crippen LogP contribution < -0.4 is 4.72 Å². The van der Waals surface area contributed by atoms with Crippen molar-refractivity contribution in [3.63, 3.8) is 0 Å². The van der Waals surface area contributed by atoms with Gasteiger partial charge in [-0.05, 0) is 24.6 Å². The van der Waals surface area contributed by atoms with Crippen molar-refractivity contribution < 1.29 is 8.42 Å². The molecule has 0 heterocycles. The lowest BCUT2D eigenvalue weighted by molar-refractivity contribution is 0.593. The summed E-state index contributed by atoms with van der Waals surface area (Å²) in [6.45, 7) is 1.64. The first kappa shape index (κ1) is 14.3. The maximum absolute atomic E-state index is 11.8. The van der Waals surface area contributed by atoms with Gasteiger partial charge in [-0.25, -0.2) is 8.42 Å². The zero-order chi connectivity index (χ0) is 13.1. The van der Waals surface area contributed by atoms with Crippen LogP contribution >= 0.6 is 27.5 Å². The van der Waals surface area contributed by atoms with Crippen molar-refractivity contribution >= 4 is 43.2 Å². The molecule has 4 nitrogen and oxygen atoms in total. The van der Waals surface area contributed by atoms with Crippen LogP contribution in [0.25, 0.3) is 0 Å². The summed E-state index contributed by atoms with van der Waals surface area (Å²) in [7, 11) is -3.72. The third kappa shape index (κ3) is 3.60. The molecule has 0 aliphatic rings. The third-order valence-electron chi connectivity index (χ3n) is 2.07. The van der Waals surface area contributed by atoms with E-state index < -0.39 is 15.3 Å². The number of nitrogens with one attached hydrogen (secondary N) is 1. The number of sulfonamides is 1. The smallest absolute Gasteiger partial charge is 0.249 e. The van der Waals surface area contributed by atoms with Crippen molar-refractivity contribution in [3.8, 4) is 6.07 Å². The number of nitriles is 1. The zero-order valence-electron chi connectivity index (χ0n) is 8.94. The molecule has 17 heavy (non-hydrogen) atoms. The summed E-state index contributed by atoms with van der Waals surface area (Å²) < 4.78 is 26.7. The van der Waals surface area contributed by atoms with Gasteiger partial charge in [0.25, 0.3) is 0 Å². The Hall–Kier alpha value is -0.770. The largest absolute Gasteiger partial charge is 0.281 e. The molecule has 7 heteroatoms. The molecule has 92 valence electrons. The highest BCUT2D eigenvalue weighted by atomic mass is 79.9. The van der Waals surface area contributed by atoms with Crippen molar-refractivity contribution in [2.24, 2.45) is 0 Å². The molecule has 1 rings (SSSR count). The van der Waals surface area contributed by atoms with Crippen LogP contribution in [0.5, 0.6) is 0 Å². The third-order valence-corrected chi connectivity index (χ3v) is 4.57. The standard InChI is InChI=1S/C10H10BrClN2O2S/c1-2-8(6-13)17(15,16)14-10-4-3-7(11)5-9(10)12/h3-5,8,14H,2H2,1H3. The second-order valence-electron chi connectivity index (χ2n) is 3.30. The molecule has 0 amide bonds. The molecule has 1 unspecified atom stereocenters. The molecule has 1 aromatic rings.